The molecule has 7 nitrogen and oxygen atoms in total. The summed E-state index contributed by atoms with van der Waals surface area (Å²) in [6.45, 7) is 6.60. The predicted molar refractivity (Wildman–Crippen MR) is 74.5 cm³/mol. The molecule has 1 rings (SSSR count). The third-order valence-corrected chi connectivity index (χ3v) is 3.43. The highest BCUT2D eigenvalue weighted by molar-refractivity contribution is 5.79. The van der Waals surface area contributed by atoms with Crippen LogP contribution in [-0.4, -0.2) is 65.4 Å². The fraction of sp³-hybridized carbons (Fsp3) is 0.846. The molecule has 4 N–H and O–H groups in total. The zero-order chi connectivity index (χ0) is 15.2. The average molecular weight is 287 g/mol. The predicted octanol–water partition coefficient (Wildman–Crippen LogP) is -0.147. The molecular formula is C13H25N3O4. The van der Waals surface area contributed by atoms with Crippen molar-refractivity contribution in [2.45, 2.75) is 32.3 Å². The van der Waals surface area contributed by atoms with E-state index in [1.807, 2.05) is 0 Å². The Labute approximate surface area is 119 Å². The van der Waals surface area contributed by atoms with Gasteiger partial charge in [-0.3, -0.25) is 0 Å². The zero-order valence-corrected chi connectivity index (χ0v) is 12.2. The number of aliphatic hydroxyl groups is 1. The number of rotatable bonds is 7. The van der Waals surface area contributed by atoms with Crippen LogP contribution in [0.1, 0.15) is 26.7 Å². The molecule has 0 spiro atoms. The quantitative estimate of drug-likeness (QED) is 0.522. The van der Waals surface area contributed by atoms with Gasteiger partial charge in [0.1, 0.15) is 0 Å². The summed E-state index contributed by atoms with van der Waals surface area (Å²) in [6.07, 6.45) is 2.48. The third-order valence-electron chi connectivity index (χ3n) is 3.43. The Hall–Kier alpha value is -1.34. The van der Waals surface area contributed by atoms with Crippen molar-refractivity contribution in [3.63, 3.8) is 0 Å². The molecule has 20 heavy (non-hydrogen) atoms. The van der Waals surface area contributed by atoms with Gasteiger partial charge in [-0.25, -0.2) is 9.59 Å². The van der Waals surface area contributed by atoms with Gasteiger partial charge in [0.2, 0.25) is 0 Å². The number of amides is 2. The molecule has 2 atom stereocenters. The summed E-state index contributed by atoms with van der Waals surface area (Å²) in [6, 6.07) is -0.459. The SMILES string of the molecule is CC(CNC(=O)NCC(C)(O)C(=O)O)CN1CCCC1. The first-order valence-electron chi connectivity index (χ1n) is 7.01. The highest BCUT2D eigenvalue weighted by atomic mass is 16.4. The number of carboxylic acids is 1. The van der Waals surface area contributed by atoms with E-state index in [1.165, 1.54) is 12.8 Å². The maximum absolute atomic E-state index is 11.5. The number of hydrogen-bond donors (Lipinski definition) is 4. The van der Waals surface area contributed by atoms with E-state index in [0.717, 1.165) is 26.6 Å². The number of urea groups is 1. The van der Waals surface area contributed by atoms with Crippen molar-refractivity contribution < 1.29 is 19.8 Å². The molecule has 0 bridgehead atoms. The molecule has 0 aromatic rings. The van der Waals surface area contributed by atoms with E-state index in [0.29, 0.717) is 12.5 Å². The van der Waals surface area contributed by atoms with Gasteiger partial charge >= 0.3 is 12.0 Å². The normalized spacial score (nSPS) is 20.1. The van der Waals surface area contributed by atoms with Crippen LogP contribution in [0.4, 0.5) is 4.79 Å². The maximum Gasteiger partial charge on any atom is 0.337 e. The average Bonchev–Trinajstić information content (AvgIpc) is 2.86. The van der Waals surface area contributed by atoms with Gasteiger partial charge in [-0.2, -0.15) is 0 Å². The number of hydrogen-bond acceptors (Lipinski definition) is 4. The van der Waals surface area contributed by atoms with Crippen molar-refractivity contribution in [3.8, 4) is 0 Å². The topological polar surface area (TPSA) is 102 Å². The van der Waals surface area contributed by atoms with Crippen LogP contribution < -0.4 is 10.6 Å². The number of aliphatic carboxylic acids is 1. The zero-order valence-electron chi connectivity index (χ0n) is 12.2. The fourth-order valence-corrected chi connectivity index (χ4v) is 2.13. The van der Waals surface area contributed by atoms with Crippen LogP contribution in [0.5, 0.6) is 0 Å². The van der Waals surface area contributed by atoms with Gasteiger partial charge in [0, 0.05) is 13.1 Å². The molecule has 2 unspecified atom stereocenters. The van der Waals surface area contributed by atoms with E-state index in [1.54, 1.807) is 0 Å². The first-order valence-corrected chi connectivity index (χ1v) is 7.01. The van der Waals surface area contributed by atoms with Crippen molar-refractivity contribution in [1.82, 2.24) is 15.5 Å². The summed E-state index contributed by atoms with van der Waals surface area (Å²) in [7, 11) is 0. The largest absolute Gasteiger partial charge is 0.479 e. The maximum atomic E-state index is 11.5. The van der Waals surface area contributed by atoms with Crippen LogP contribution in [0.2, 0.25) is 0 Å². The van der Waals surface area contributed by atoms with E-state index < -0.39 is 17.6 Å². The van der Waals surface area contributed by atoms with Gasteiger partial charge in [-0.1, -0.05) is 6.92 Å². The Morgan fingerprint density at radius 1 is 1.30 bits per heavy atom. The minimum absolute atomic E-state index is 0.325. The van der Waals surface area contributed by atoms with Crippen molar-refractivity contribution in [1.29, 1.82) is 0 Å². The molecule has 0 saturated carbocycles. The summed E-state index contributed by atoms with van der Waals surface area (Å²) < 4.78 is 0. The van der Waals surface area contributed by atoms with Gasteiger partial charge in [-0.15, -0.1) is 0 Å². The lowest BCUT2D eigenvalue weighted by Gasteiger charge is -2.21. The lowest BCUT2D eigenvalue weighted by molar-refractivity contribution is -0.155. The Morgan fingerprint density at radius 3 is 2.45 bits per heavy atom. The van der Waals surface area contributed by atoms with Crippen molar-refractivity contribution in [3.05, 3.63) is 0 Å². The summed E-state index contributed by atoms with van der Waals surface area (Å²) in [5, 5.41) is 23.2. The smallest absolute Gasteiger partial charge is 0.337 e. The molecule has 2 amide bonds. The molecular weight excluding hydrogens is 262 g/mol. The van der Waals surface area contributed by atoms with Crippen molar-refractivity contribution >= 4 is 12.0 Å². The van der Waals surface area contributed by atoms with Crippen LogP contribution in [0, 0.1) is 5.92 Å². The van der Waals surface area contributed by atoms with Crippen LogP contribution in [0.15, 0.2) is 0 Å². The van der Waals surface area contributed by atoms with Crippen LogP contribution in [-0.2, 0) is 4.79 Å². The molecule has 0 aromatic carbocycles. The van der Waals surface area contributed by atoms with E-state index in [4.69, 9.17) is 5.11 Å². The second-order valence-corrected chi connectivity index (χ2v) is 5.76. The monoisotopic (exact) mass is 287 g/mol. The van der Waals surface area contributed by atoms with Gasteiger partial charge in [0.15, 0.2) is 5.60 Å². The fourth-order valence-electron chi connectivity index (χ4n) is 2.13. The van der Waals surface area contributed by atoms with E-state index in [2.05, 4.69) is 22.5 Å². The molecule has 1 fully saturated rings. The Kier molecular flexibility index (Phi) is 6.22. The minimum Gasteiger partial charge on any atom is -0.479 e. The second kappa shape index (κ2) is 7.44. The number of carbonyl (C=O) groups excluding carboxylic acids is 1. The number of carboxylic acid groups (broad SMARTS) is 1. The van der Waals surface area contributed by atoms with E-state index >= 15 is 0 Å². The summed E-state index contributed by atoms with van der Waals surface area (Å²) in [5.41, 5.74) is -1.95. The molecule has 7 heteroatoms. The molecule has 116 valence electrons. The first kappa shape index (κ1) is 16.7. The van der Waals surface area contributed by atoms with Crippen LogP contribution >= 0.6 is 0 Å². The minimum atomic E-state index is -1.95. The molecule has 1 aliphatic rings. The highest BCUT2D eigenvalue weighted by Gasteiger charge is 2.30. The van der Waals surface area contributed by atoms with Crippen molar-refractivity contribution in [2.75, 3.05) is 32.7 Å². The number of carbonyl (C=O) groups is 2. The highest BCUT2D eigenvalue weighted by Crippen LogP contribution is 2.09. The Bertz CT molecular complexity index is 341. The number of nitrogens with one attached hydrogen (secondary N) is 2. The Morgan fingerprint density at radius 2 is 1.90 bits per heavy atom. The molecule has 1 heterocycles. The lowest BCUT2D eigenvalue weighted by atomic mass is 10.1. The van der Waals surface area contributed by atoms with E-state index in [9.17, 15) is 14.7 Å². The molecule has 0 aliphatic carbocycles. The first-order chi connectivity index (χ1) is 9.31. The third kappa shape index (κ3) is 5.75. The molecule has 1 aliphatic heterocycles. The molecule has 0 radical (unpaired) electrons. The van der Waals surface area contributed by atoms with Gasteiger partial charge < -0.3 is 25.7 Å². The summed E-state index contributed by atoms with van der Waals surface area (Å²) >= 11 is 0. The second-order valence-electron chi connectivity index (χ2n) is 5.76. The van der Waals surface area contributed by atoms with Crippen molar-refractivity contribution in [2.24, 2.45) is 5.92 Å². The van der Waals surface area contributed by atoms with Crippen LogP contribution in [0.25, 0.3) is 0 Å². The number of likely N-dealkylation sites (tertiary alicyclic amines) is 1. The van der Waals surface area contributed by atoms with Crippen LogP contribution in [0.3, 0.4) is 0 Å². The van der Waals surface area contributed by atoms with Gasteiger partial charge in [0.25, 0.3) is 0 Å². The standard InChI is InChI=1S/C13H25N3O4/c1-10(8-16-5-3-4-6-16)7-14-12(19)15-9-13(2,20)11(17)18/h10,20H,3-9H2,1-2H3,(H,17,18)(H2,14,15,19). The van der Waals surface area contributed by atoms with E-state index in [-0.39, 0.29) is 6.54 Å². The molecule has 1 saturated heterocycles. The Balaban J connectivity index is 2.17. The van der Waals surface area contributed by atoms with Gasteiger partial charge in [-0.05, 0) is 38.8 Å². The summed E-state index contributed by atoms with van der Waals surface area (Å²) in [4.78, 5) is 24.6. The summed E-state index contributed by atoms with van der Waals surface area (Å²) in [5.74, 6) is -1.03. The van der Waals surface area contributed by atoms with Gasteiger partial charge in [0.05, 0.1) is 6.54 Å². The molecule has 0 aromatic heterocycles. The number of nitrogens with zero attached hydrogens (tertiary/aromatic N) is 1. The lowest BCUT2D eigenvalue weighted by Crippen LogP contribution is -2.49.